The van der Waals surface area contributed by atoms with Gasteiger partial charge < -0.3 is 16.0 Å². The van der Waals surface area contributed by atoms with Gasteiger partial charge >= 0.3 is 0 Å². The van der Waals surface area contributed by atoms with Crippen LogP contribution in [0, 0.1) is 0 Å². The summed E-state index contributed by atoms with van der Waals surface area (Å²) in [5, 5.41) is 3.33. The van der Waals surface area contributed by atoms with Crippen molar-refractivity contribution in [2.45, 2.75) is 32.9 Å². The van der Waals surface area contributed by atoms with E-state index in [0.29, 0.717) is 11.5 Å². The number of nitrogens with one attached hydrogen (secondary N) is 1. The first-order valence-corrected chi connectivity index (χ1v) is 9.45. The predicted octanol–water partition coefficient (Wildman–Crippen LogP) is 4.48. The highest BCUT2D eigenvalue weighted by molar-refractivity contribution is 5.75. The minimum atomic E-state index is 0.598. The Morgan fingerprint density at radius 2 is 1.48 bits per heavy atom. The number of benzene rings is 2. The second-order valence-electron chi connectivity index (χ2n) is 6.57. The lowest BCUT2D eigenvalue weighted by atomic mass is 10.1. The summed E-state index contributed by atoms with van der Waals surface area (Å²) >= 11 is 0. The van der Waals surface area contributed by atoms with E-state index in [2.05, 4.69) is 75.6 Å². The second kappa shape index (κ2) is 9.57. The third-order valence-electron chi connectivity index (χ3n) is 4.42. The summed E-state index contributed by atoms with van der Waals surface area (Å²) in [6.07, 6.45) is 3.79. The summed E-state index contributed by atoms with van der Waals surface area (Å²) in [6, 6.07) is 20.7. The van der Waals surface area contributed by atoms with E-state index in [0.717, 1.165) is 38.3 Å². The van der Waals surface area contributed by atoms with Gasteiger partial charge in [-0.15, -0.1) is 0 Å². The van der Waals surface area contributed by atoms with Crippen molar-refractivity contribution in [3.63, 3.8) is 0 Å². The van der Waals surface area contributed by atoms with Crippen LogP contribution in [-0.4, -0.2) is 16.5 Å². The van der Waals surface area contributed by atoms with Gasteiger partial charge in [-0.05, 0) is 17.5 Å². The van der Waals surface area contributed by atoms with Gasteiger partial charge in [0.15, 0.2) is 11.6 Å². The van der Waals surface area contributed by atoms with E-state index < -0.39 is 0 Å². The van der Waals surface area contributed by atoms with Crippen molar-refractivity contribution >= 4 is 17.3 Å². The molecule has 0 aliphatic rings. The number of anilines is 3. The zero-order valence-electron chi connectivity index (χ0n) is 15.8. The molecule has 0 aliphatic carbocycles. The van der Waals surface area contributed by atoms with Crippen LogP contribution in [0.4, 0.5) is 17.3 Å². The van der Waals surface area contributed by atoms with Crippen molar-refractivity contribution in [1.29, 1.82) is 0 Å². The zero-order valence-corrected chi connectivity index (χ0v) is 15.8. The minimum absolute atomic E-state index is 0.598. The predicted molar refractivity (Wildman–Crippen MR) is 113 cm³/mol. The standard InChI is InChI=1S/C22H27N5/c1-2-3-14-24-21-20(23)22(26-17-25-21)27(15-18-10-6-4-7-11-18)16-19-12-8-5-9-13-19/h4-13,17H,2-3,14-16,23H2,1H3,(H,24,25,26). The van der Waals surface area contributed by atoms with Gasteiger partial charge in [-0.1, -0.05) is 74.0 Å². The summed E-state index contributed by atoms with van der Waals surface area (Å²) in [5.41, 5.74) is 9.47. The molecule has 0 saturated heterocycles. The molecule has 0 atom stereocenters. The Balaban J connectivity index is 1.88. The van der Waals surface area contributed by atoms with Gasteiger partial charge in [0.05, 0.1) is 0 Å². The minimum Gasteiger partial charge on any atom is -0.393 e. The topological polar surface area (TPSA) is 67.1 Å². The highest BCUT2D eigenvalue weighted by Crippen LogP contribution is 2.28. The highest BCUT2D eigenvalue weighted by Gasteiger charge is 2.16. The summed E-state index contributed by atoms with van der Waals surface area (Å²) in [5.74, 6) is 1.47. The van der Waals surface area contributed by atoms with Crippen LogP contribution in [0.1, 0.15) is 30.9 Å². The first-order valence-electron chi connectivity index (χ1n) is 9.45. The average Bonchev–Trinajstić information content (AvgIpc) is 2.71. The number of hydrogen-bond donors (Lipinski definition) is 2. The number of hydrogen-bond acceptors (Lipinski definition) is 5. The lowest BCUT2D eigenvalue weighted by Gasteiger charge is -2.26. The third-order valence-corrected chi connectivity index (χ3v) is 4.42. The smallest absolute Gasteiger partial charge is 0.158 e. The summed E-state index contributed by atoms with van der Waals surface area (Å²) in [7, 11) is 0. The molecule has 0 amide bonds. The Bertz CT molecular complexity index is 779. The van der Waals surface area contributed by atoms with Gasteiger partial charge in [-0.2, -0.15) is 0 Å². The van der Waals surface area contributed by atoms with Gasteiger partial charge in [0.2, 0.25) is 0 Å². The Morgan fingerprint density at radius 3 is 2.04 bits per heavy atom. The first kappa shape index (κ1) is 18.7. The fourth-order valence-electron chi connectivity index (χ4n) is 2.98. The molecule has 3 aromatic rings. The van der Waals surface area contributed by atoms with Gasteiger partial charge in [0, 0.05) is 19.6 Å². The van der Waals surface area contributed by atoms with Crippen LogP contribution in [0.15, 0.2) is 67.0 Å². The van der Waals surface area contributed by atoms with Gasteiger partial charge in [-0.25, -0.2) is 9.97 Å². The van der Waals surface area contributed by atoms with Crippen molar-refractivity contribution in [3.8, 4) is 0 Å². The molecular weight excluding hydrogens is 334 g/mol. The Morgan fingerprint density at radius 1 is 0.889 bits per heavy atom. The summed E-state index contributed by atoms with van der Waals surface area (Å²) in [4.78, 5) is 11.0. The SMILES string of the molecule is CCCCNc1ncnc(N(Cc2ccccc2)Cc2ccccc2)c1N. The van der Waals surface area contributed by atoms with E-state index in [1.165, 1.54) is 11.1 Å². The van der Waals surface area contributed by atoms with E-state index in [1.54, 1.807) is 6.33 Å². The van der Waals surface area contributed by atoms with Crippen LogP contribution in [-0.2, 0) is 13.1 Å². The van der Waals surface area contributed by atoms with Gasteiger partial charge in [-0.3, -0.25) is 0 Å². The molecular formula is C22H27N5. The number of nitrogens with two attached hydrogens (primary N) is 1. The van der Waals surface area contributed by atoms with Crippen LogP contribution in [0.25, 0.3) is 0 Å². The molecule has 1 heterocycles. The molecule has 140 valence electrons. The number of nitrogens with zero attached hydrogens (tertiary/aromatic N) is 3. The molecule has 0 aliphatic heterocycles. The molecule has 0 radical (unpaired) electrons. The van der Waals surface area contributed by atoms with Crippen molar-refractivity contribution in [2.24, 2.45) is 0 Å². The molecule has 1 aromatic heterocycles. The van der Waals surface area contributed by atoms with Crippen LogP contribution in [0.2, 0.25) is 0 Å². The van der Waals surface area contributed by atoms with Crippen LogP contribution in [0.5, 0.6) is 0 Å². The maximum atomic E-state index is 6.44. The normalized spacial score (nSPS) is 10.6. The number of rotatable bonds is 9. The summed E-state index contributed by atoms with van der Waals surface area (Å²) in [6.45, 7) is 4.48. The van der Waals surface area contributed by atoms with Gasteiger partial charge in [0.25, 0.3) is 0 Å². The van der Waals surface area contributed by atoms with Crippen molar-refractivity contribution in [3.05, 3.63) is 78.1 Å². The van der Waals surface area contributed by atoms with Gasteiger partial charge in [0.1, 0.15) is 12.0 Å². The Kier molecular flexibility index (Phi) is 6.63. The molecule has 0 unspecified atom stereocenters. The van der Waals surface area contributed by atoms with E-state index in [4.69, 9.17) is 5.73 Å². The second-order valence-corrected chi connectivity index (χ2v) is 6.57. The quantitative estimate of drug-likeness (QED) is 0.550. The van der Waals surface area contributed by atoms with Crippen molar-refractivity contribution < 1.29 is 0 Å². The number of nitrogen functional groups attached to an aromatic ring is 1. The summed E-state index contributed by atoms with van der Waals surface area (Å²) < 4.78 is 0. The van der Waals surface area contributed by atoms with Crippen LogP contribution >= 0.6 is 0 Å². The Hall–Kier alpha value is -3.08. The maximum absolute atomic E-state index is 6.44. The number of unbranched alkanes of at least 4 members (excludes halogenated alkanes) is 1. The molecule has 3 N–H and O–H groups in total. The molecule has 0 fully saturated rings. The fourth-order valence-corrected chi connectivity index (χ4v) is 2.98. The fraction of sp³-hybridized carbons (Fsp3) is 0.273. The monoisotopic (exact) mass is 361 g/mol. The molecule has 5 nitrogen and oxygen atoms in total. The maximum Gasteiger partial charge on any atom is 0.158 e. The molecule has 0 saturated carbocycles. The van der Waals surface area contributed by atoms with Crippen LogP contribution < -0.4 is 16.0 Å². The van der Waals surface area contributed by atoms with E-state index in [9.17, 15) is 0 Å². The Labute approximate surface area is 161 Å². The number of aromatic nitrogens is 2. The lowest BCUT2D eigenvalue weighted by Crippen LogP contribution is -2.25. The van der Waals surface area contributed by atoms with Crippen molar-refractivity contribution in [1.82, 2.24) is 9.97 Å². The van der Waals surface area contributed by atoms with E-state index >= 15 is 0 Å². The molecule has 0 bridgehead atoms. The van der Waals surface area contributed by atoms with E-state index in [1.807, 2.05) is 12.1 Å². The molecule has 5 heteroatoms. The molecule has 3 rings (SSSR count). The van der Waals surface area contributed by atoms with E-state index in [-0.39, 0.29) is 0 Å². The third kappa shape index (κ3) is 5.20. The zero-order chi connectivity index (χ0) is 18.9. The van der Waals surface area contributed by atoms with Crippen LogP contribution in [0.3, 0.4) is 0 Å². The largest absolute Gasteiger partial charge is 0.393 e. The molecule has 2 aromatic carbocycles. The first-order chi connectivity index (χ1) is 13.3. The molecule has 27 heavy (non-hydrogen) atoms. The van der Waals surface area contributed by atoms with Crippen molar-refractivity contribution in [2.75, 3.05) is 22.5 Å². The lowest BCUT2D eigenvalue weighted by molar-refractivity contribution is 0.781. The highest BCUT2D eigenvalue weighted by atomic mass is 15.2. The average molecular weight is 361 g/mol. The molecule has 0 spiro atoms.